The van der Waals surface area contributed by atoms with Crippen LogP contribution >= 0.6 is 0 Å². The number of hydrogen-bond donors (Lipinski definition) is 0. The van der Waals surface area contributed by atoms with Gasteiger partial charge in [-0.3, -0.25) is 4.79 Å². The second kappa shape index (κ2) is 5.46. The van der Waals surface area contributed by atoms with Gasteiger partial charge >= 0.3 is 0 Å². The lowest BCUT2D eigenvalue weighted by Crippen LogP contribution is -1.99. The first kappa shape index (κ1) is 12.3. The second-order valence-electron chi connectivity index (χ2n) is 4.36. The van der Waals surface area contributed by atoms with Crippen LogP contribution in [0.4, 0.5) is 0 Å². The fraction of sp³-hybridized carbons (Fsp3) is 0.118. The SMILES string of the molecule is Cc1cccc(C(=O)C=Cc2ccccc2)c1C. The Morgan fingerprint density at radius 2 is 1.67 bits per heavy atom. The van der Waals surface area contributed by atoms with E-state index in [0.717, 1.165) is 22.3 Å². The largest absolute Gasteiger partial charge is 0.289 e. The quantitative estimate of drug-likeness (QED) is 0.576. The molecule has 0 aromatic heterocycles. The van der Waals surface area contributed by atoms with Crippen LogP contribution in [0.5, 0.6) is 0 Å². The molecule has 0 saturated carbocycles. The number of allylic oxidation sites excluding steroid dienone is 1. The minimum atomic E-state index is 0.0556. The summed E-state index contributed by atoms with van der Waals surface area (Å²) in [5, 5.41) is 0. The van der Waals surface area contributed by atoms with Gasteiger partial charge in [0, 0.05) is 5.56 Å². The van der Waals surface area contributed by atoms with Gasteiger partial charge in [-0.15, -0.1) is 0 Å². The number of rotatable bonds is 3. The molecule has 0 aliphatic heterocycles. The van der Waals surface area contributed by atoms with E-state index in [1.165, 1.54) is 0 Å². The molecule has 0 radical (unpaired) electrons. The maximum atomic E-state index is 12.1. The lowest BCUT2D eigenvalue weighted by Gasteiger charge is -2.04. The third-order valence-electron chi connectivity index (χ3n) is 3.10. The van der Waals surface area contributed by atoms with Crippen molar-refractivity contribution in [2.75, 3.05) is 0 Å². The van der Waals surface area contributed by atoms with Crippen molar-refractivity contribution in [3.8, 4) is 0 Å². The molecule has 1 heteroatoms. The summed E-state index contributed by atoms with van der Waals surface area (Å²) < 4.78 is 0. The normalized spacial score (nSPS) is 10.8. The molecule has 0 aliphatic rings. The van der Waals surface area contributed by atoms with Crippen molar-refractivity contribution >= 4 is 11.9 Å². The zero-order valence-electron chi connectivity index (χ0n) is 10.7. The first-order valence-corrected chi connectivity index (χ1v) is 6.02. The van der Waals surface area contributed by atoms with Crippen LogP contribution in [0.2, 0.25) is 0 Å². The molecule has 0 amide bonds. The van der Waals surface area contributed by atoms with E-state index in [-0.39, 0.29) is 5.78 Å². The number of carbonyl (C=O) groups is 1. The van der Waals surface area contributed by atoms with Crippen molar-refractivity contribution < 1.29 is 4.79 Å². The van der Waals surface area contributed by atoms with E-state index in [1.54, 1.807) is 6.08 Å². The highest BCUT2D eigenvalue weighted by Crippen LogP contribution is 2.14. The first-order chi connectivity index (χ1) is 8.68. The van der Waals surface area contributed by atoms with Crippen LogP contribution in [-0.2, 0) is 0 Å². The van der Waals surface area contributed by atoms with E-state index in [2.05, 4.69) is 0 Å². The number of aryl methyl sites for hydroxylation is 1. The van der Waals surface area contributed by atoms with Crippen LogP contribution in [0.3, 0.4) is 0 Å². The Labute approximate surface area is 108 Å². The lowest BCUT2D eigenvalue weighted by molar-refractivity contribution is 0.104. The van der Waals surface area contributed by atoms with Gasteiger partial charge in [-0.2, -0.15) is 0 Å². The van der Waals surface area contributed by atoms with E-state index in [1.807, 2.05) is 68.5 Å². The Morgan fingerprint density at radius 1 is 0.944 bits per heavy atom. The number of hydrogen-bond acceptors (Lipinski definition) is 1. The standard InChI is InChI=1S/C17H16O/c1-13-7-6-10-16(14(13)2)17(18)12-11-15-8-4-3-5-9-15/h3-12H,1-2H3. The number of benzene rings is 2. The van der Waals surface area contributed by atoms with Gasteiger partial charge < -0.3 is 0 Å². The van der Waals surface area contributed by atoms with E-state index < -0.39 is 0 Å². The molecule has 0 saturated heterocycles. The highest BCUT2D eigenvalue weighted by Gasteiger charge is 2.06. The van der Waals surface area contributed by atoms with Crippen LogP contribution in [0, 0.1) is 13.8 Å². The first-order valence-electron chi connectivity index (χ1n) is 6.02. The molecule has 18 heavy (non-hydrogen) atoms. The molecule has 0 spiro atoms. The molecule has 1 nitrogen and oxygen atoms in total. The minimum absolute atomic E-state index is 0.0556. The van der Waals surface area contributed by atoms with Gasteiger partial charge in [0.2, 0.25) is 0 Å². The average Bonchev–Trinajstić information content (AvgIpc) is 2.40. The molecule has 0 unspecified atom stereocenters. The van der Waals surface area contributed by atoms with Crippen LogP contribution in [-0.4, -0.2) is 5.78 Å². The molecule has 2 aromatic rings. The molecule has 0 aliphatic carbocycles. The van der Waals surface area contributed by atoms with Crippen molar-refractivity contribution in [3.63, 3.8) is 0 Å². The summed E-state index contributed by atoms with van der Waals surface area (Å²) in [7, 11) is 0. The van der Waals surface area contributed by atoms with Crippen molar-refractivity contribution in [1.82, 2.24) is 0 Å². The number of carbonyl (C=O) groups excluding carboxylic acids is 1. The van der Waals surface area contributed by atoms with Crippen molar-refractivity contribution in [2.45, 2.75) is 13.8 Å². The molecular formula is C17H16O. The minimum Gasteiger partial charge on any atom is -0.289 e. The lowest BCUT2D eigenvalue weighted by atomic mass is 9.99. The summed E-state index contributed by atoms with van der Waals surface area (Å²) in [6, 6.07) is 15.7. The van der Waals surface area contributed by atoms with Gasteiger partial charge in [0.05, 0.1) is 0 Å². The Morgan fingerprint density at radius 3 is 2.39 bits per heavy atom. The highest BCUT2D eigenvalue weighted by molar-refractivity contribution is 6.07. The summed E-state index contributed by atoms with van der Waals surface area (Å²) in [5.41, 5.74) is 4.02. The molecule has 0 bridgehead atoms. The zero-order valence-corrected chi connectivity index (χ0v) is 10.7. The average molecular weight is 236 g/mol. The molecule has 2 aromatic carbocycles. The van der Waals surface area contributed by atoms with Crippen LogP contribution in [0.1, 0.15) is 27.0 Å². The molecule has 90 valence electrons. The Hall–Kier alpha value is -2.15. The van der Waals surface area contributed by atoms with Gasteiger partial charge in [-0.05, 0) is 36.6 Å². The van der Waals surface area contributed by atoms with Crippen molar-refractivity contribution in [2.24, 2.45) is 0 Å². The summed E-state index contributed by atoms with van der Waals surface area (Å²) in [6.45, 7) is 4.01. The summed E-state index contributed by atoms with van der Waals surface area (Å²) >= 11 is 0. The monoisotopic (exact) mass is 236 g/mol. The van der Waals surface area contributed by atoms with E-state index in [0.29, 0.717) is 0 Å². The molecule has 0 atom stereocenters. The maximum Gasteiger partial charge on any atom is 0.186 e. The zero-order chi connectivity index (χ0) is 13.0. The highest BCUT2D eigenvalue weighted by atomic mass is 16.1. The van der Waals surface area contributed by atoms with Gasteiger partial charge in [-0.25, -0.2) is 0 Å². The van der Waals surface area contributed by atoms with Gasteiger partial charge in [0.15, 0.2) is 5.78 Å². The fourth-order valence-corrected chi connectivity index (χ4v) is 1.84. The predicted molar refractivity (Wildman–Crippen MR) is 75.7 cm³/mol. The fourth-order valence-electron chi connectivity index (χ4n) is 1.84. The molecule has 2 rings (SSSR count). The summed E-state index contributed by atoms with van der Waals surface area (Å²) in [5.74, 6) is 0.0556. The Kier molecular flexibility index (Phi) is 3.73. The molecule has 0 fully saturated rings. The summed E-state index contributed by atoms with van der Waals surface area (Å²) in [4.78, 5) is 12.1. The molecular weight excluding hydrogens is 220 g/mol. The van der Waals surface area contributed by atoms with Gasteiger partial charge in [-0.1, -0.05) is 54.6 Å². The second-order valence-corrected chi connectivity index (χ2v) is 4.36. The van der Waals surface area contributed by atoms with E-state index >= 15 is 0 Å². The summed E-state index contributed by atoms with van der Waals surface area (Å²) in [6.07, 6.45) is 3.49. The van der Waals surface area contributed by atoms with Crippen LogP contribution in [0.15, 0.2) is 54.6 Å². The van der Waals surface area contributed by atoms with Crippen molar-refractivity contribution in [3.05, 3.63) is 76.9 Å². The Balaban J connectivity index is 2.23. The van der Waals surface area contributed by atoms with Crippen molar-refractivity contribution in [1.29, 1.82) is 0 Å². The molecule has 0 N–H and O–H groups in total. The van der Waals surface area contributed by atoms with E-state index in [9.17, 15) is 4.79 Å². The Bertz CT molecular complexity index is 580. The maximum absolute atomic E-state index is 12.1. The van der Waals surface area contributed by atoms with E-state index in [4.69, 9.17) is 0 Å². The number of ketones is 1. The smallest absolute Gasteiger partial charge is 0.186 e. The topological polar surface area (TPSA) is 17.1 Å². The predicted octanol–water partition coefficient (Wildman–Crippen LogP) is 4.20. The van der Waals surface area contributed by atoms with Crippen LogP contribution < -0.4 is 0 Å². The van der Waals surface area contributed by atoms with Gasteiger partial charge in [0.1, 0.15) is 0 Å². The molecule has 0 heterocycles. The van der Waals surface area contributed by atoms with Crippen LogP contribution in [0.25, 0.3) is 6.08 Å². The van der Waals surface area contributed by atoms with Gasteiger partial charge in [0.25, 0.3) is 0 Å². The third kappa shape index (κ3) is 2.75. The third-order valence-corrected chi connectivity index (χ3v) is 3.10.